The van der Waals surface area contributed by atoms with E-state index in [9.17, 15) is 0 Å². The zero-order chi connectivity index (χ0) is 19.2. The van der Waals surface area contributed by atoms with Crippen molar-refractivity contribution in [2.24, 2.45) is 0 Å². The highest BCUT2D eigenvalue weighted by Crippen LogP contribution is 2.43. The normalized spacial score (nSPS) is 20.6. The van der Waals surface area contributed by atoms with Gasteiger partial charge < -0.3 is 4.43 Å². The van der Waals surface area contributed by atoms with Crippen LogP contribution in [0.3, 0.4) is 0 Å². The predicted molar refractivity (Wildman–Crippen MR) is 116 cm³/mol. The smallest absolute Gasteiger partial charge is 0.192 e. The molecule has 0 N–H and O–H groups in total. The minimum atomic E-state index is -1.69. The summed E-state index contributed by atoms with van der Waals surface area (Å²) in [6, 6.07) is 17.7. The maximum atomic E-state index is 6.57. The molecule has 1 aromatic heterocycles. The monoisotopic (exact) mass is 378 g/mol. The number of fused-ring (bicyclic) bond motifs is 1. The molecule has 142 valence electrons. The Bertz CT molecular complexity index is 934. The van der Waals surface area contributed by atoms with E-state index in [1.54, 1.807) is 0 Å². The van der Waals surface area contributed by atoms with Crippen LogP contribution in [0.1, 0.15) is 39.7 Å². The van der Waals surface area contributed by atoms with Gasteiger partial charge in [0.05, 0.1) is 17.8 Å². The van der Waals surface area contributed by atoms with Crippen LogP contribution in [0.4, 0.5) is 0 Å². The molecule has 0 spiro atoms. The first-order valence-electron chi connectivity index (χ1n) is 9.95. The summed E-state index contributed by atoms with van der Waals surface area (Å²) < 4.78 is 8.78. The van der Waals surface area contributed by atoms with Crippen LogP contribution < -0.4 is 0 Å². The molecule has 0 saturated heterocycles. The number of nitrogens with zero attached hydrogens (tertiary/aromatic N) is 2. The molecule has 0 bridgehead atoms. The highest BCUT2D eigenvalue weighted by atomic mass is 28.4. The van der Waals surface area contributed by atoms with Gasteiger partial charge in [-0.2, -0.15) is 5.10 Å². The van der Waals surface area contributed by atoms with Crippen molar-refractivity contribution in [3.05, 3.63) is 54.7 Å². The Morgan fingerprint density at radius 1 is 1.00 bits per heavy atom. The van der Waals surface area contributed by atoms with Gasteiger partial charge in [-0.3, -0.25) is 4.68 Å². The summed E-state index contributed by atoms with van der Waals surface area (Å²) in [5.74, 6) is 0. The average molecular weight is 379 g/mol. The van der Waals surface area contributed by atoms with Gasteiger partial charge in [-0.15, -0.1) is 0 Å². The molecule has 1 aliphatic carbocycles. The number of hydrogen-bond acceptors (Lipinski definition) is 2. The van der Waals surface area contributed by atoms with E-state index in [0.717, 1.165) is 12.8 Å². The summed E-state index contributed by atoms with van der Waals surface area (Å²) in [4.78, 5) is 0. The van der Waals surface area contributed by atoms with Crippen molar-refractivity contribution in [1.82, 2.24) is 9.78 Å². The fourth-order valence-electron chi connectivity index (χ4n) is 3.57. The van der Waals surface area contributed by atoms with E-state index >= 15 is 0 Å². The van der Waals surface area contributed by atoms with Gasteiger partial charge in [-0.1, -0.05) is 63.2 Å². The molecule has 1 aliphatic rings. The first kappa shape index (κ1) is 18.5. The first-order chi connectivity index (χ1) is 12.7. The lowest BCUT2D eigenvalue weighted by Crippen LogP contribution is -2.47. The van der Waals surface area contributed by atoms with Crippen LogP contribution in [-0.4, -0.2) is 24.2 Å². The number of benzene rings is 2. The van der Waals surface area contributed by atoms with E-state index in [-0.39, 0.29) is 5.04 Å². The van der Waals surface area contributed by atoms with Crippen molar-refractivity contribution in [2.75, 3.05) is 0 Å². The molecule has 0 atom stereocenters. The van der Waals surface area contributed by atoms with Crippen LogP contribution in [0.5, 0.6) is 0 Å². The second-order valence-corrected chi connectivity index (χ2v) is 14.1. The number of aromatic nitrogens is 2. The zero-order valence-electron chi connectivity index (χ0n) is 17.1. The molecular formula is C23H30N2OSi. The predicted octanol–water partition coefficient (Wildman–Crippen LogP) is 6.43. The third-order valence-electron chi connectivity index (χ3n) is 6.39. The minimum Gasteiger partial charge on any atom is -0.414 e. The summed E-state index contributed by atoms with van der Waals surface area (Å²) in [5.41, 5.74) is 3.73. The fraction of sp³-hybridized carbons (Fsp3) is 0.435. The van der Waals surface area contributed by atoms with E-state index in [1.807, 2.05) is 6.20 Å². The summed E-state index contributed by atoms with van der Waals surface area (Å²) in [6.45, 7) is 11.6. The lowest BCUT2D eigenvalue weighted by Gasteiger charge is -2.44. The molecule has 0 amide bonds. The third-order valence-corrected chi connectivity index (χ3v) is 10.9. The quantitative estimate of drug-likeness (QED) is 0.489. The largest absolute Gasteiger partial charge is 0.414 e. The van der Waals surface area contributed by atoms with Crippen molar-refractivity contribution in [3.8, 4) is 11.1 Å². The molecule has 1 heterocycles. The van der Waals surface area contributed by atoms with Crippen molar-refractivity contribution >= 4 is 19.2 Å². The summed E-state index contributed by atoms with van der Waals surface area (Å²) in [5, 5.41) is 6.18. The number of hydrogen-bond donors (Lipinski definition) is 0. The van der Waals surface area contributed by atoms with Crippen LogP contribution in [0.25, 0.3) is 22.0 Å². The van der Waals surface area contributed by atoms with Gasteiger partial charge in [0.2, 0.25) is 0 Å². The van der Waals surface area contributed by atoms with E-state index in [4.69, 9.17) is 9.52 Å². The molecule has 1 fully saturated rings. The van der Waals surface area contributed by atoms with Crippen LogP contribution in [0.15, 0.2) is 54.7 Å². The van der Waals surface area contributed by atoms with Gasteiger partial charge in [0.1, 0.15) is 0 Å². The second kappa shape index (κ2) is 6.61. The Hall–Kier alpha value is -1.91. The van der Waals surface area contributed by atoms with Crippen LogP contribution >= 0.6 is 0 Å². The van der Waals surface area contributed by atoms with Gasteiger partial charge in [-0.25, -0.2) is 0 Å². The van der Waals surface area contributed by atoms with E-state index in [1.165, 1.54) is 22.0 Å². The van der Waals surface area contributed by atoms with Crippen LogP contribution in [-0.2, 0) is 4.43 Å². The van der Waals surface area contributed by atoms with Crippen LogP contribution in [0, 0.1) is 0 Å². The highest BCUT2D eigenvalue weighted by molar-refractivity contribution is 6.74. The molecule has 0 unspecified atom stereocenters. The maximum Gasteiger partial charge on any atom is 0.192 e. The molecular weight excluding hydrogens is 348 g/mol. The van der Waals surface area contributed by atoms with Crippen molar-refractivity contribution in [3.63, 3.8) is 0 Å². The zero-order valence-corrected chi connectivity index (χ0v) is 18.1. The summed E-state index contributed by atoms with van der Waals surface area (Å²) >= 11 is 0. The summed E-state index contributed by atoms with van der Waals surface area (Å²) in [7, 11) is -1.69. The van der Waals surface area contributed by atoms with Crippen LogP contribution in [0.2, 0.25) is 18.1 Å². The molecule has 4 heteroatoms. The van der Waals surface area contributed by atoms with E-state index < -0.39 is 8.32 Å². The van der Waals surface area contributed by atoms with Gasteiger partial charge in [-0.05, 0) is 48.2 Å². The fourth-order valence-corrected chi connectivity index (χ4v) is 4.95. The Balaban J connectivity index is 1.52. The molecule has 1 saturated carbocycles. The second-order valence-electron chi connectivity index (χ2n) is 9.35. The van der Waals surface area contributed by atoms with Gasteiger partial charge in [0.25, 0.3) is 0 Å². The van der Waals surface area contributed by atoms with E-state index in [0.29, 0.717) is 12.1 Å². The van der Waals surface area contributed by atoms with Crippen molar-refractivity contribution in [1.29, 1.82) is 0 Å². The Morgan fingerprint density at radius 3 is 2.37 bits per heavy atom. The molecule has 4 rings (SSSR count). The minimum absolute atomic E-state index is 0.265. The number of rotatable bonds is 4. The third kappa shape index (κ3) is 3.48. The SMILES string of the molecule is CC(C)(C)[Si](C)(C)OC1CC(n2ncc3ccc(-c4ccccc4)cc32)C1. The van der Waals surface area contributed by atoms with Crippen molar-refractivity contribution in [2.45, 2.75) is 63.9 Å². The lowest BCUT2D eigenvalue weighted by molar-refractivity contribution is 0.0546. The topological polar surface area (TPSA) is 27.1 Å². The van der Waals surface area contributed by atoms with Gasteiger partial charge in [0, 0.05) is 11.5 Å². The molecule has 0 radical (unpaired) electrons. The van der Waals surface area contributed by atoms with Gasteiger partial charge in [0.15, 0.2) is 8.32 Å². The Morgan fingerprint density at radius 2 is 1.70 bits per heavy atom. The summed E-state index contributed by atoms with van der Waals surface area (Å²) in [6.07, 6.45) is 4.51. The molecule has 3 nitrogen and oxygen atoms in total. The van der Waals surface area contributed by atoms with Gasteiger partial charge >= 0.3 is 0 Å². The molecule has 0 aliphatic heterocycles. The first-order valence-corrected chi connectivity index (χ1v) is 12.9. The van der Waals surface area contributed by atoms with E-state index in [2.05, 4.69) is 87.1 Å². The highest BCUT2D eigenvalue weighted by Gasteiger charge is 2.43. The molecule has 2 aromatic carbocycles. The standard InChI is InChI=1S/C23H30N2OSi/c1-23(2,3)27(4,5)26-21-14-20(15-21)25-22-13-18(11-12-19(22)16-24-25)17-9-7-6-8-10-17/h6-13,16,20-21H,14-15H2,1-5H3. The molecule has 27 heavy (non-hydrogen) atoms. The van der Waals surface area contributed by atoms with Crippen molar-refractivity contribution < 1.29 is 4.43 Å². The molecule has 3 aromatic rings. The maximum absolute atomic E-state index is 6.57. The Labute approximate surface area is 163 Å². The average Bonchev–Trinajstić information content (AvgIpc) is 3.00. The lowest BCUT2D eigenvalue weighted by atomic mass is 9.89. The Kier molecular flexibility index (Phi) is 4.51.